The minimum atomic E-state index is -1.77. The van der Waals surface area contributed by atoms with Gasteiger partial charge in [-0.15, -0.1) is 0 Å². The molecule has 0 spiro atoms. The topological polar surface area (TPSA) is 35.5 Å². The number of methoxy groups -OCH3 is 1. The number of hydrogen-bond acceptors (Lipinski definition) is 3. The Labute approximate surface area is 74.9 Å². The maximum atomic E-state index is 10.1. The maximum absolute atomic E-state index is 10.1. The van der Waals surface area contributed by atoms with Crippen LogP contribution in [-0.2, 0) is 46.5 Å². The molecule has 0 aliphatic carbocycles. The zero-order valence-electron chi connectivity index (χ0n) is 5.01. The van der Waals surface area contributed by atoms with Crippen LogP contribution in [0.2, 0.25) is 0 Å². The average molecular weight is 213 g/mol. The van der Waals surface area contributed by atoms with Gasteiger partial charge in [-0.25, -0.2) is 0 Å². The summed E-state index contributed by atoms with van der Waals surface area (Å²) in [4.78, 5) is 0. The van der Waals surface area contributed by atoms with Crippen molar-refractivity contribution in [2.75, 3.05) is 20.6 Å². The smallest absolute Gasteiger partial charge is 0.190 e. The van der Waals surface area contributed by atoms with Crippen molar-refractivity contribution in [1.82, 2.24) is 0 Å². The average Bonchev–Trinajstić information content (AvgIpc) is 1.61. The third-order valence-electron chi connectivity index (χ3n) is 0.380. The Bertz CT molecular complexity index is 67.5. The molecular weight excluding hydrogens is 204 g/mol. The minimum absolute atomic E-state index is 0. The number of rotatable bonds is 3. The summed E-state index contributed by atoms with van der Waals surface area (Å²) < 4.78 is 19.1. The first-order chi connectivity index (χ1) is 3.27. The number of hydrogen-bond donors (Lipinski definition) is 0. The Balaban J connectivity index is 0. The van der Waals surface area contributed by atoms with Crippen LogP contribution in [0.25, 0.3) is 0 Å². The van der Waals surface area contributed by atoms with Crippen LogP contribution in [0.15, 0.2) is 0 Å². The van der Waals surface area contributed by atoms with Crippen LogP contribution < -0.4 is 0 Å². The first kappa shape index (κ1) is 12.0. The summed E-state index contributed by atoms with van der Waals surface area (Å²) in [7, 11) is -0.281. The van der Waals surface area contributed by atoms with Crippen molar-refractivity contribution in [3.8, 4) is 0 Å². The molecular formula is C3H9O3PY. The van der Waals surface area contributed by atoms with Crippen LogP contribution in [0.3, 0.4) is 0 Å². The first-order valence-electron chi connectivity index (χ1n) is 1.89. The van der Waals surface area contributed by atoms with E-state index in [1.54, 1.807) is 0 Å². The van der Waals surface area contributed by atoms with E-state index >= 15 is 0 Å². The fourth-order valence-electron chi connectivity index (χ4n) is 0.142. The Kier molecular flexibility index (Phi) is 12.4. The second-order valence-electron chi connectivity index (χ2n) is 1.04. The van der Waals surface area contributed by atoms with E-state index in [2.05, 4.69) is 9.26 Å². The van der Waals surface area contributed by atoms with Gasteiger partial charge in [0.05, 0.1) is 0 Å². The third-order valence-corrected chi connectivity index (χ3v) is 0.904. The van der Waals surface area contributed by atoms with E-state index in [9.17, 15) is 4.57 Å². The van der Waals surface area contributed by atoms with Gasteiger partial charge >= 0.3 is 0 Å². The van der Waals surface area contributed by atoms with E-state index in [-0.39, 0.29) is 39.5 Å². The molecule has 0 bridgehead atoms. The third kappa shape index (κ3) is 10.3. The van der Waals surface area contributed by atoms with Gasteiger partial charge in [0, 0.05) is 46.5 Å². The fourth-order valence-corrected chi connectivity index (χ4v) is 0.426. The summed E-state index contributed by atoms with van der Waals surface area (Å²) in [6.07, 6.45) is 0. The van der Waals surface area contributed by atoms with Crippen molar-refractivity contribution in [1.29, 1.82) is 0 Å². The second kappa shape index (κ2) is 8.25. The van der Waals surface area contributed by atoms with Crippen molar-refractivity contribution < 1.29 is 46.5 Å². The minimum Gasteiger partial charge on any atom is -0.358 e. The van der Waals surface area contributed by atoms with Crippen LogP contribution in [0.4, 0.5) is 0 Å². The van der Waals surface area contributed by atoms with E-state index < -0.39 is 8.03 Å². The molecule has 0 rings (SSSR count). The monoisotopic (exact) mass is 213 g/mol. The van der Waals surface area contributed by atoms with Crippen molar-refractivity contribution in [3.05, 3.63) is 0 Å². The molecule has 0 heterocycles. The van der Waals surface area contributed by atoms with Crippen molar-refractivity contribution in [3.63, 3.8) is 0 Å². The van der Waals surface area contributed by atoms with Gasteiger partial charge in [0.1, 0.15) is 0 Å². The summed E-state index contributed by atoms with van der Waals surface area (Å²) in [5.41, 5.74) is 0. The van der Waals surface area contributed by atoms with Crippen molar-refractivity contribution in [2.45, 2.75) is 0 Å². The first-order valence-corrected chi connectivity index (χ1v) is 3.71. The molecule has 8 heavy (non-hydrogen) atoms. The molecule has 3 nitrogen and oxygen atoms in total. The largest absolute Gasteiger partial charge is 0.358 e. The summed E-state index contributed by atoms with van der Waals surface area (Å²) in [5.74, 6) is 0. The summed E-state index contributed by atoms with van der Waals surface area (Å²) >= 11 is 0. The van der Waals surface area contributed by atoms with Crippen molar-refractivity contribution >= 4 is 8.03 Å². The van der Waals surface area contributed by atoms with Gasteiger partial charge in [0.2, 0.25) is 0 Å². The van der Waals surface area contributed by atoms with Crippen LogP contribution in [0.1, 0.15) is 0 Å². The van der Waals surface area contributed by atoms with E-state index in [0.717, 1.165) is 0 Å². The Hall–Kier alpha value is 1.25. The molecule has 0 aromatic heterocycles. The Morgan fingerprint density at radius 3 is 2.25 bits per heavy atom. The van der Waals surface area contributed by atoms with Gasteiger partial charge in [-0.1, -0.05) is 0 Å². The molecule has 0 aliphatic rings. The molecule has 0 aromatic carbocycles. The Morgan fingerprint density at radius 2 is 2.12 bits per heavy atom. The quantitative estimate of drug-likeness (QED) is 0.511. The molecule has 0 amide bonds. The molecule has 0 aromatic rings. The van der Waals surface area contributed by atoms with Gasteiger partial charge in [0.25, 0.3) is 0 Å². The van der Waals surface area contributed by atoms with Crippen LogP contribution >= 0.6 is 8.03 Å². The normalized spacial score (nSPS) is 12.2. The molecule has 0 fully saturated rings. The molecule has 1 atom stereocenters. The molecule has 0 N–H and O–H groups in total. The summed E-state index contributed by atoms with van der Waals surface area (Å²) in [5, 5.41) is 0. The maximum Gasteiger partial charge on any atom is 0.190 e. The summed E-state index contributed by atoms with van der Waals surface area (Å²) in [6.45, 7) is 1.65. The Morgan fingerprint density at radius 1 is 1.62 bits per heavy atom. The molecule has 47 valence electrons. The standard InChI is InChI=1S/C3H9O3P.Y/c1-5-3-6-7(2)4;/h7H,3H2,1-2H3;. The van der Waals surface area contributed by atoms with Gasteiger partial charge in [0.15, 0.2) is 14.8 Å². The van der Waals surface area contributed by atoms with Crippen LogP contribution in [0, 0.1) is 0 Å². The molecule has 1 radical (unpaired) electrons. The summed E-state index contributed by atoms with van der Waals surface area (Å²) in [6, 6.07) is 0. The molecule has 0 saturated carbocycles. The second-order valence-corrected chi connectivity index (χ2v) is 2.31. The van der Waals surface area contributed by atoms with Crippen LogP contribution in [0.5, 0.6) is 0 Å². The van der Waals surface area contributed by atoms with E-state index in [0.29, 0.717) is 0 Å². The zero-order valence-corrected chi connectivity index (χ0v) is 8.85. The van der Waals surface area contributed by atoms with Crippen molar-refractivity contribution in [2.24, 2.45) is 0 Å². The fraction of sp³-hybridized carbons (Fsp3) is 1.00. The predicted octanol–water partition coefficient (Wildman–Crippen LogP) is 0.709. The van der Waals surface area contributed by atoms with Gasteiger partial charge in [-0.05, 0) is 0 Å². The van der Waals surface area contributed by atoms with Gasteiger partial charge < -0.3 is 9.26 Å². The molecule has 0 aliphatic heterocycles. The van der Waals surface area contributed by atoms with E-state index in [4.69, 9.17) is 0 Å². The molecule has 1 unspecified atom stereocenters. The van der Waals surface area contributed by atoms with Gasteiger partial charge in [-0.2, -0.15) is 0 Å². The molecule has 0 saturated heterocycles. The predicted molar refractivity (Wildman–Crippen MR) is 27.9 cm³/mol. The SMILES string of the molecule is COCO[PH](C)=O.[Y]. The zero-order chi connectivity index (χ0) is 5.70. The van der Waals surface area contributed by atoms with E-state index in [1.807, 2.05) is 0 Å². The van der Waals surface area contributed by atoms with Crippen LogP contribution in [-0.4, -0.2) is 20.6 Å². The molecule has 5 heteroatoms. The van der Waals surface area contributed by atoms with Gasteiger partial charge in [-0.3, -0.25) is 4.57 Å². The van der Waals surface area contributed by atoms with E-state index in [1.165, 1.54) is 13.8 Å². The number of ether oxygens (including phenoxy) is 1.